The van der Waals surface area contributed by atoms with Crippen molar-refractivity contribution in [1.82, 2.24) is 9.97 Å². The lowest BCUT2D eigenvalue weighted by Gasteiger charge is -2.04. The van der Waals surface area contributed by atoms with Crippen LogP contribution in [-0.4, -0.2) is 23.0 Å². The van der Waals surface area contributed by atoms with Gasteiger partial charge in [0.1, 0.15) is 11.9 Å². The van der Waals surface area contributed by atoms with Crippen molar-refractivity contribution < 1.29 is 9.53 Å². The first-order valence-corrected chi connectivity index (χ1v) is 5.27. The zero-order chi connectivity index (χ0) is 13.1. The highest BCUT2D eigenvalue weighted by Gasteiger charge is 2.12. The van der Waals surface area contributed by atoms with Gasteiger partial charge in [-0.15, -0.1) is 6.57 Å². The number of hydrogen-bond acceptors (Lipinski definition) is 3. The monoisotopic (exact) mass is 241 g/mol. The van der Waals surface area contributed by atoms with Crippen molar-refractivity contribution in [3.05, 3.63) is 46.9 Å². The van der Waals surface area contributed by atoms with Gasteiger partial charge in [-0.3, -0.25) is 0 Å². The molecule has 0 radical (unpaired) electrons. The van der Waals surface area contributed by atoms with Gasteiger partial charge in [-0.1, -0.05) is 6.07 Å². The Kier molecular flexibility index (Phi) is 3.11. The Labute approximate surface area is 104 Å². The van der Waals surface area contributed by atoms with Crippen LogP contribution in [0.4, 0.5) is 5.95 Å². The standard InChI is InChI=1S/C13H11N3O2/c1-8-4-5-9(12(17)18-3)6-10(8)11-7-15-13(14-2)16-11/h4-7H,1,3H3,(H,15,16). The third-order valence-corrected chi connectivity index (χ3v) is 2.62. The molecule has 5 heteroatoms. The van der Waals surface area contributed by atoms with Crippen LogP contribution in [0.2, 0.25) is 0 Å². The molecule has 0 atom stereocenters. The Hall–Kier alpha value is -2.61. The zero-order valence-electron chi connectivity index (χ0n) is 10.0. The number of benzene rings is 1. The number of aromatic amines is 1. The number of esters is 1. The first kappa shape index (κ1) is 11.9. The van der Waals surface area contributed by atoms with Gasteiger partial charge < -0.3 is 14.6 Å². The van der Waals surface area contributed by atoms with Crippen molar-refractivity contribution in [3.63, 3.8) is 0 Å². The van der Waals surface area contributed by atoms with E-state index < -0.39 is 0 Å². The Morgan fingerprint density at radius 3 is 2.89 bits per heavy atom. The molecule has 0 amide bonds. The zero-order valence-corrected chi connectivity index (χ0v) is 10.0. The van der Waals surface area contributed by atoms with E-state index in [9.17, 15) is 4.79 Å². The summed E-state index contributed by atoms with van der Waals surface area (Å²) in [6, 6.07) is 5.26. The fourth-order valence-corrected chi connectivity index (χ4v) is 1.66. The number of aromatic nitrogens is 2. The summed E-state index contributed by atoms with van der Waals surface area (Å²) in [5.41, 5.74) is 3.00. The third-order valence-electron chi connectivity index (χ3n) is 2.62. The van der Waals surface area contributed by atoms with Crippen LogP contribution in [0, 0.1) is 13.5 Å². The van der Waals surface area contributed by atoms with Gasteiger partial charge in [0.2, 0.25) is 0 Å². The minimum Gasteiger partial charge on any atom is -0.465 e. The molecule has 5 nitrogen and oxygen atoms in total. The molecule has 0 fully saturated rings. The summed E-state index contributed by atoms with van der Waals surface area (Å²) in [7, 11) is 1.34. The van der Waals surface area contributed by atoms with Gasteiger partial charge in [-0.25, -0.2) is 4.79 Å². The van der Waals surface area contributed by atoms with Crippen molar-refractivity contribution in [2.24, 2.45) is 0 Å². The normalized spacial score (nSPS) is 9.83. The summed E-state index contributed by atoms with van der Waals surface area (Å²) in [6.07, 6.45) is 1.58. The quantitative estimate of drug-likeness (QED) is 0.649. The molecular weight excluding hydrogens is 230 g/mol. The fourth-order valence-electron chi connectivity index (χ4n) is 1.66. The Morgan fingerprint density at radius 2 is 2.28 bits per heavy atom. The Balaban J connectivity index is 2.50. The van der Waals surface area contributed by atoms with Crippen molar-refractivity contribution >= 4 is 11.9 Å². The van der Waals surface area contributed by atoms with E-state index in [2.05, 4.69) is 19.5 Å². The lowest BCUT2D eigenvalue weighted by Crippen LogP contribution is -2.01. The Bertz CT molecular complexity index is 638. The highest BCUT2D eigenvalue weighted by atomic mass is 16.5. The second-order valence-corrected chi connectivity index (χ2v) is 3.75. The average Bonchev–Trinajstić information content (AvgIpc) is 2.87. The van der Waals surface area contributed by atoms with E-state index in [4.69, 9.17) is 6.57 Å². The number of nitrogens with one attached hydrogen (secondary N) is 1. The van der Waals surface area contributed by atoms with E-state index in [1.54, 1.807) is 18.3 Å². The van der Waals surface area contributed by atoms with Gasteiger partial charge in [0.15, 0.2) is 0 Å². The molecule has 90 valence electrons. The van der Waals surface area contributed by atoms with E-state index in [1.807, 2.05) is 13.0 Å². The molecule has 0 spiro atoms. The third kappa shape index (κ3) is 2.09. The second kappa shape index (κ2) is 4.72. The number of methoxy groups -OCH3 is 1. The summed E-state index contributed by atoms with van der Waals surface area (Å²) in [5, 5.41) is 0. The largest absolute Gasteiger partial charge is 0.465 e. The van der Waals surface area contributed by atoms with Crippen LogP contribution in [0.25, 0.3) is 16.1 Å². The molecule has 0 aliphatic heterocycles. The summed E-state index contributed by atoms with van der Waals surface area (Å²) in [6.45, 7) is 8.80. The number of rotatable bonds is 2. The number of carbonyl (C=O) groups is 1. The molecule has 0 aliphatic carbocycles. The van der Waals surface area contributed by atoms with Gasteiger partial charge in [0, 0.05) is 5.56 Å². The summed E-state index contributed by atoms with van der Waals surface area (Å²) in [5.74, 6) is -0.158. The van der Waals surface area contributed by atoms with Crippen molar-refractivity contribution in [3.8, 4) is 11.3 Å². The topological polar surface area (TPSA) is 59.3 Å². The van der Waals surface area contributed by atoms with Crippen LogP contribution in [0.1, 0.15) is 15.9 Å². The van der Waals surface area contributed by atoms with E-state index in [-0.39, 0.29) is 11.9 Å². The van der Waals surface area contributed by atoms with Crippen molar-refractivity contribution in [2.75, 3.05) is 7.11 Å². The molecule has 0 unspecified atom stereocenters. The van der Waals surface area contributed by atoms with Crippen LogP contribution < -0.4 is 0 Å². The minimum atomic E-state index is -0.388. The molecule has 0 saturated carbocycles. The van der Waals surface area contributed by atoms with E-state index in [0.29, 0.717) is 11.3 Å². The van der Waals surface area contributed by atoms with Crippen LogP contribution in [0.15, 0.2) is 24.4 Å². The summed E-state index contributed by atoms with van der Waals surface area (Å²) < 4.78 is 4.68. The lowest BCUT2D eigenvalue weighted by molar-refractivity contribution is 0.0601. The predicted octanol–water partition coefficient (Wildman–Crippen LogP) is 2.72. The number of carbonyl (C=O) groups excluding carboxylic acids is 1. The molecule has 1 N–H and O–H groups in total. The number of ether oxygens (including phenoxy) is 1. The maximum absolute atomic E-state index is 11.5. The number of H-pyrrole nitrogens is 1. The molecule has 0 aliphatic rings. The Morgan fingerprint density at radius 1 is 1.50 bits per heavy atom. The van der Waals surface area contributed by atoms with Crippen LogP contribution in [0.5, 0.6) is 0 Å². The minimum absolute atomic E-state index is 0.230. The number of imidazole rings is 1. The highest BCUT2D eigenvalue weighted by Crippen LogP contribution is 2.24. The smallest absolute Gasteiger partial charge is 0.337 e. The van der Waals surface area contributed by atoms with Crippen molar-refractivity contribution in [2.45, 2.75) is 6.92 Å². The van der Waals surface area contributed by atoms with E-state index in [0.717, 1.165) is 11.1 Å². The summed E-state index contributed by atoms with van der Waals surface area (Å²) in [4.78, 5) is 21.5. The number of aryl methyl sites for hydroxylation is 1. The molecule has 18 heavy (non-hydrogen) atoms. The molecular formula is C13H11N3O2. The van der Waals surface area contributed by atoms with Gasteiger partial charge in [0.25, 0.3) is 0 Å². The van der Waals surface area contributed by atoms with Crippen LogP contribution in [0.3, 0.4) is 0 Å². The highest BCUT2D eigenvalue weighted by molar-refractivity contribution is 5.91. The number of nitrogens with zero attached hydrogens (tertiary/aromatic N) is 2. The molecule has 0 saturated heterocycles. The first-order valence-electron chi connectivity index (χ1n) is 5.27. The van der Waals surface area contributed by atoms with Crippen molar-refractivity contribution in [1.29, 1.82) is 0 Å². The lowest BCUT2D eigenvalue weighted by atomic mass is 10.0. The van der Waals surface area contributed by atoms with Crippen LogP contribution >= 0.6 is 0 Å². The fraction of sp³-hybridized carbons (Fsp3) is 0.154. The molecule has 1 aromatic carbocycles. The van der Waals surface area contributed by atoms with E-state index in [1.165, 1.54) is 7.11 Å². The molecule has 1 aromatic heterocycles. The van der Waals surface area contributed by atoms with Gasteiger partial charge in [-0.05, 0) is 24.6 Å². The number of hydrogen-bond donors (Lipinski definition) is 1. The molecule has 2 rings (SSSR count). The predicted molar refractivity (Wildman–Crippen MR) is 66.4 cm³/mol. The van der Waals surface area contributed by atoms with E-state index >= 15 is 0 Å². The maximum Gasteiger partial charge on any atom is 0.337 e. The summed E-state index contributed by atoms with van der Waals surface area (Å²) >= 11 is 0. The van der Waals surface area contributed by atoms with Crippen LogP contribution in [-0.2, 0) is 4.74 Å². The average molecular weight is 241 g/mol. The molecule has 0 bridgehead atoms. The van der Waals surface area contributed by atoms with Gasteiger partial charge in [0.05, 0.1) is 12.7 Å². The van der Waals surface area contributed by atoms with Gasteiger partial charge >= 0.3 is 11.9 Å². The molecule has 1 heterocycles. The van der Waals surface area contributed by atoms with Gasteiger partial charge in [-0.2, -0.15) is 4.98 Å². The second-order valence-electron chi connectivity index (χ2n) is 3.75. The first-order chi connectivity index (χ1) is 8.65. The molecule has 2 aromatic rings. The maximum atomic E-state index is 11.5. The SMILES string of the molecule is [C-]#[N+]c1ncc(-c2cc(C(=O)OC)ccc2C)[nH]1.